The highest BCUT2D eigenvalue weighted by molar-refractivity contribution is 7.98. The molecular formula is C13H19NO2S. The van der Waals surface area contributed by atoms with Crippen molar-refractivity contribution in [2.24, 2.45) is 0 Å². The standard InChI is InChI=1S/C13H19NO2S/c1-4-16-11(2)12-6-5-7-14-13(12)10-15-8-9-17-3/h5-7H,2,4,8-10H2,1,3H3. The lowest BCUT2D eigenvalue weighted by atomic mass is 10.2. The zero-order valence-corrected chi connectivity index (χ0v) is 11.3. The minimum Gasteiger partial charge on any atom is -0.494 e. The van der Waals surface area contributed by atoms with E-state index in [9.17, 15) is 0 Å². The lowest BCUT2D eigenvalue weighted by Gasteiger charge is -2.11. The van der Waals surface area contributed by atoms with Gasteiger partial charge >= 0.3 is 0 Å². The van der Waals surface area contributed by atoms with Crippen LogP contribution in [0.1, 0.15) is 18.2 Å². The van der Waals surface area contributed by atoms with E-state index in [0.717, 1.165) is 23.6 Å². The molecule has 4 heteroatoms. The Kier molecular flexibility index (Phi) is 6.74. The van der Waals surface area contributed by atoms with E-state index in [2.05, 4.69) is 17.8 Å². The Balaban J connectivity index is 2.61. The summed E-state index contributed by atoms with van der Waals surface area (Å²) in [5.74, 6) is 1.65. The molecule has 0 N–H and O–H groups in total. The summed E-state index contributed by atoms with van der Waals surface area (Å²) in [7, 11) is 0. The third-order valence-corrected chi connectivity index (χ3v) is 2.75. The van der Waals surface area contributed by atoms with Crippen LogP contribution in [0.4, 0.5) is 0 Å². The van der Waals surface area contributed by atoms with Gasteiger partial charge in [0.05, 0.1) is 25.5 Å². The summed E-state index contributed by atoms with van der Waals surface area (Å²) in [5, 5.41) is 0. The maximum Gasteiger partial charge on any atom is 0.121 e. The first-order chi connectivity index (χ1) is 8.29. The molecule has 0 aromatic carbocycles. The second-order valence-corrected chi connectivity index (χ2v) is 4.38. The van der Waals surface area contributed by atoms with Crippen LogP contribution in [0.3, 0.4) is 0 Å². The summed E-state index contributed by atoms with van der Waals surface area (Å²) in [4.78, 5) is 4.31. The summed E-state index contributed by atoms with van der Waals surface area (Å²) < 4.78 is 11.0. The Bertz CT molecular complexity index is 355. The molecule has 1 heterocycles. The van der Waals surface area contributed by atoms with Crippen molar-refractivity contribution in [1.82, 2.24) is 4.98 Å². The first-order valence-electron chi connectivity index (χ1n) is 5.62. The first kappa shape index (κ1) is 14.1. The normalized spacial score (nSPS) is 10.2. The molecule has 0 saturated carbocycles. The van der Waals surface area contributed by atoms with E-state index in [1.54, 1.807) is 18.0 Å². The Labute approximate surface area is 107 Å². The van der Waals surface area contributed by atoms with Gasteiger partial charge in [0, 0.05) is 17.5 Å². The van der Waals surface area contributed by atoms with Crippen molar-refractivity contribution in [2.45, 2.75) is 13.5 Å². The predicted octanol–water partition coefficient (Wildman–Crippen LogP) is 2.97. The van der Waals surface area contributed by atoms with Crippen molar-refractivity contribution >= 4 is 17.5 Å². The summed E-state index contributed by atoms with van der Waals surface area (Å²) in [6.07, 6.45) is 3.82. The van der Waals surface area contributed by atoms with Crippen LogP contribution in [-0.4, -0.2) is 30.2 Å². The molecule has 0 aliphatic heterocycles. The minimum absolute atomic E-state index is 0.503. The number of pyridine rings is 1. The van der Waals surface area contributed by atoms with Crippen molar-refractivity contribution in [1.29, 1.82) is 0 Å². The van der Waals surface area contributed by atoms with Gasteiger partial charge < -0.3 is 9.47 Å². The number of nitrogens with zero attached hydrogens (tertiary/aromatic N) is 1. The maximum atomic E-state index is 5.55. The van der Waals surface area contributed by atoms with E-state index in [4.69, 9.17) is 9.47 Å². The van der Waals surface area contributed by atoms with Gasteiger partial charge in [-0.15, -0.1) is 0 Å². The van der Waals surface area contributed by atoms with E-state index in [1.807, 2.05) is 19.1 Å². The SMILES string of the molecule is C=C(OCC)c1cccnc1COCCSC. The van der Waals surface area contributed by atoms with Crippen molar-refractivity contribution < 1.29 is 9.47 Å². The van der Waals surface area contributed by atoms with Crippen LogP contribution < -0.4 is 0 Å². The molecule has 0 saturated heterocycles. The second kappa shape index (κ2) is 8.14. The fourth-order valence-electron chi connectivity index (χ4n) is 1.37. The zero-order valence-electron chi connectivity index (χ0n) is 10.4. The summed E-state index contributed by atoms with van der Waals surface area (Å²) >= 11 is 1.77. The van der Waals surface area contributed by atoms with Crippen molar-refractivity contribution in [3.63, 3.8) is 0 Å². The van der Waals surface area contributed by atoms with E-state index in [0.29, 0.717) is 19.0 Å². The molecule has 17 heavy (non-hydrogen) atoms. The highest BCUT2D eigenvalue weighted by Crippen LogP contribution is 2.17. The van der Waals surface area contributed by atoms with Gasteiger partial charge in [0.15, 0.2) is 0 Å². The number of hydrogen-bond acceptors (Lipinski definition) is 4. The molecule has 0 atom stereocenters. The molecule has 0 bridgehead atoms. The number of thioether (sulfide) groups is 1. The molecule has 94 valence electrons. The van der Waals surface area contributed by atoms with Crippen LogP contribution in [-0.2, 0) is 16.1 Å². The lowest BCUT2D eigenvalue weighted by molar-refractivity contribution is 0.133. The zero-order chi connectivity index (χ0) is 12.5. The highest BCUT2D eigenvalue weighted by atomic mass is 32.2. The molecule has 0 amide bonds. The van der Waals surface area contributed by atoms with Crippen molar-refractivity contribution in [3.05, 3.63) is 36.2 Å². The fraction of sp³-hybridized carbons (Fsp3) is 0.462. The average Bonchev–Trinajstić information content (AvgIpc) is 2.35. The van der Waals surface area contributed by atoms with Gasteiger partial charge in [-0.3, -0.25) is 4.98 Å². The summed E-state index contributed by atoms with van der Waals surface area (Å²) in [5.41, 5.74) is 1.81. The molecule has 1 aromatic heterocycles. The second-order valence-electron chi connectivity index (χ2n) is 3.40. The van der Waals surface area contributed by atoms with E-state index < -0.39 is 0 Å². The quantitative estimate of drug-likeness (QED) is 0.526. The Morgan fingerprint density at radius 2 is 2.35 bits per heavy atom. The van der Waals surface area contributed by atoms with Gasteiger partial charge in [0.2, 0.25) is 0 Å². The molecule has 0 aliphatic carbocycles. The van der Waals surface area contributed by atoms with Gasteiger partial charge in [0.1, 0.15) is 5.76 Å². The Morgan fingerprint density at radius 3 is 3.06 bits per heavy atom. The third kappa shape index (κ3) is 4.79. The molecule has 0 fully saturated rings. The van der Waals surface area contributed by atoms with Gasteiger partial charge in [-0.05, 0) is 25.3 Å². The van der Waals surface area contributed by atoms with Crippen LogP contribution in [0.5, 0.6) is 0 Å². The van der Waals surface area contributed by atoms with Gasteiger partial charge in [0.25, 0.3) is 0 Å². The van der Waals surface area contributed by atoms with Crippen LogP contribution in [0.2, 0.25) is 0 Å². The van der Waals surface area contributed by atoms with Gasteiger partial charge in [-0.25, -0.2) is 0 Å². The molecule has 1 rings (SSSR count). The van der Waals surface area contributed by atoms with Crippen LogP contribution >= 0.6 is 11.8 Å². The molecule has 1 aromatic rings. The smallest absolute Gasteiger partial charge is 0.121 e. The first-order valence-corrected chi connectivity index (χ1v) is 7.01. The monoisotopic (exact) mass is 253 g/mol. The van der Waals surface area contributed by atoms with E-state index in [-0.39, 0.29) is 0 Å². The largest absolute Gasteiger partial charge is 0.494 e. The molecular weight excluding hydrogens is 234 g/mol. The molecule has 0 aliphatic rings. The highest BCUT2D eigenvalue weighted by Gasteiger charge is 2.07. The Morgan fingerprint density at radius 1 is 1.53 bits per heavy atom. The van der Waals surface area contributed by atoms with Gasteiger partial charge in [-0.2, -0.15) is 11.8 Å². The molecule has 3 nitrogen and oxygen atoms in total. The number of ether oxygens (including phenoxy) is 2. The van der Waals surface area contributed by atoms with Crippen LogP contribution in [0.25, 0.3) is 5.76 Å². The maximum absolute atomic E-state index is 5.55. The fourth-order valence-corrected chi connectivity index (χ4v) is 1.65. The number of aromatic nitrogens is 1. The number of hydrogen-bond donors (Lipinski definition) is 0. The third-order valence-electron chi connectivity index (χ3n) is 2.18. The predicted molar refractivity (Wildman–Crippen MR) is 72.9 cm³/mol. The van der Waals surface area contributed by atoms with Crippen molar-refractivity contribution in [2.75, 3.05) is 25.2 Å². The average molecular weight is 253 g/mol. The summed E-state index contributed by atoms with van der Waals surface area (Å²) in [6.45, 7) is 7.69. The summed E-state index contributed by atoms with van der Waals surface area (Å²) in [6, 6.07) is 3.84. The topological polar surface area (TPSA) is 31.4 Å². The molecule has 0 radical (unpaired) electrons. The number of rotatable bonds is 8. The lowest BCUT2D eigenvalue weighted by Crippen LogP contribution is -2.03. The van der Waals surface area contributed by atoms with Crippen LogP contribution in [0.15, 0.2) is 24.9 Å². The molecule has 0 unspecified atom stereocenters. The Hall–Kier alpha value is -1.00. The van der Waals surface area contributed by atoms with Crippen LogP contribution in [0, 0.1) is 0 Å². The minimum atomic E-state index is 0.503. The van der Waals surface area contributed by atoms with Gasteiger partial charge in [-0.1, -0.05) is 6.58 Å². The van der Waals surface area contributed by atoms with Crippen molar-refractivity contribution in [3.8, 4) is 0 Å². The molecule has 0 spiro atoms. The van der Waals surface area contributed by atoms with E-state index >= 15 is 0 Å². The van der Waals surface area contributed by atoms with E-state index in [1.165, 1.54) is 0 Å².